The summed E-state index contributed by atoms with van der Waals surface area (Å²) in [5, 5.41) is 0. The van der Waals surface area contributed by atoms with Crippen LogP contribution in [-0.4, -0.2) is 12.4 Å². The highest BCUT2D eigenvalue weighted by Gasteiger charge is 2.50. The van der Waals surface area contributed by atoms with Gasteiger partial charge in [-0.2, -0.15) is 0 Å². The summed E-state index contributed by atoms with van der Waals surface area (Å²) in [5.41, 5.74) is 4.59. The van der Waals surface area contributed by atoms with E-state index in [0.29, 0.717) is 18.9 Å². The van der Waals surface area contributed by atoms with Gasteiger partial charge in [-0.15, -0.1) is 0 Å². The number of hydrogen-bond donors (Lipinski definition) is 0. The summed E-state index contributed by atoms with van der Waals surface area (Å²) in [6, 6.07) is 14.6. The van der Waals surface area contributed by atoms with Crippen LogP contribution in [0.4, 0.5) is 0 Å². The zero-order valence-electron chi connectivity index (χ0n) is 17.9. The Morgan fingerprint density at radius 3 is 2.46 bits per heavy atom. The van der Waals surface area contributed by atoms with Gasteiger partial charge in [-0.3, -0.25) is 4.79 Å². The Morgan fingerprint density at radius 1 is 1.00 bits per heavy atom. The standard InChI is InChI=1S/C26H34O2/c1-5-8-13-20(7-3)18-24(27)26(28-17-6-2)23-16-10-9-14-21(23)22-15-11-12-19(4)25(22)26/h9-12,14-16,20H,5-8,13,17-18H2,1-4H3. The average molecular weight is 379 g/mol. The van der Waals surface area contributed by atoms with Crippen molar-refractivity contribution in [1.82, 2.24) is 0 Å². The number of aryl methyl sites for hydroxylation is 1. The smallest absolute Gasteiger partial charge is 0.177 e. The van der Waals surface area contributed by atoms with Crippen LogP contribution in [0.2, 0.25) is 0 Å². The summed E-state index contributed by atoms with van der Waals surface area (Å²) in [6.45, 7) is 9.21. The van der Waals surface area contributed by atoms with Crippen molar-refractivity contribution in [3.05, 3.63) is 59.2 Å². The lowest BCUT2D eigenvalue weighted by atomic mass is 9.79. The van der Waals surface area contributed by atoms with Gasteiger partial charge in [0.2, 0.25) is 0 Å². The zero-order valence-corrected chi connectivity index (χ0v) is 17.9. The van der Waals surface area contributed by atoms with Crippen LogP contribution in [0.25, 0.3) is 11.1 Å². The number of ether oxygens (including phenoxy) is 1. The zero-order chi connectivity index (χ0) is 20.1. The van der Waals surface area contributed by atoms with Gasteiger partial charge in [0.05, 0.1) is 0 Å². The molecule has 2 nitrogen and oxygen atoms in total. The van der Waals surface area contributed by atoms with E-state index in [1.54, 1.807) is 0 Å². The Morgan fingerprint density at radius 2 is 1.75 bits per heavy atom. The van der Waals surface area contributed by atoms with Crippen molar-refractivity contribution in [2.45, 2.75) is 71.8 Å². The number of hydrogen-bond acceptors (Lipinski definition) is 2. The predicted octanol–water partition coefficient (Wildman–Crippen LogP) is 6.82. The highest BCUT2D eigenvalue weighted by atomic mass is 16.5. The number of Topliss-reactive ketones (excluding diaryl/α,β-unsaturated/α-hetero) is 1. The van der Waals surface area contributed by atoms with Crippen LogP contribution in [0, 0.1) is 12.8 Å². The first-order valence-corrected chi connectivity index (χ1v) is 11.0. The van der Waals surface area contributed by atoms with E-state index in [-0.39, 0.29) is 5.78 Å². The molecule has 150 valence electrons. The molecule has 2 unspecified atom stereocenters. The molecule has 2 heteroatoms. The summed E-state index contributed by atoms with van der Waals surface area (Å²) >= 11 is 0. The minimum absolute atomic E-state index is 0.226. The van der Waals surface area contributed by atoms with Gasteiger partial charge in [-0.1, -0.05) is 88.9 Å². The Kier molecular flexibility index (Phi) is 6.72. The highest BCUT2D eigenvalue weighted by molar-refractivity contribution is 6.01. The third kappa shape index (κ3) is 3.55. The van der Waals surface area contributed by atoms with Crippen LogP contribution in [0.1, 0.15) is 76.0 Å². The first kappa shape index (κ1) is 20.8. The van der Waals surface area contributed by atoms with Gasteiger partial charge in [0, 0.05) is 24.2 Å². The fraction of sp³-hybridized carbons (Fsp3) is 0.500. The van der Waals surface area contributed by atoms with Gasteiger partial charge >= 0.3 is 0 Å². The molecule has 0 aliphatic heterocycles. The Labute approximate surface area is 170 Å². The van der Waals surface area contributed by atoms with Crippen LogP contribution in [0.15, 0.2) is 42.5 Å². The maximum Gasteiger partial charge on any atom is 0.177 e. The topological polar surface area (TPSA) is 26.3 Å². The first-order valence-electron chi connectivity index (χ1n) is 11.0. The van der Waals surface area contributed by atoms with Crippen molar-refractivity contribution in [1.29, 1.82) is 0 Å². The predicted molar refractivity (Wildman–Crippen MR) is 117 cm³/mol. The van der Waals surface area contributed by atoms with Crippen molar-refractivity contribution < 1.29 is 9.53 Å². The summed E-state index contributed by atoms with van der Waals surface area (Å²) in [7, 11) is 0. The van der Waals surface area contributed by atoms with Crippen LogP contribution in [-0.2, 0) is 15.1 Å². The van der Waals surface area contributed by atoms with Crippen molar-refractivity contribution in [2.75, 3.05) is 6.61 Å². The quantitative estimate of drug-likeness (QED) is 0.453. The van der Waals surface area contributed by atoms with Gasteiger partial charge < -0.3 is 4.74 Å². The lowest BCUT2D eigenvalue weighted by Crippen LogP contribution is -2.40. The number of benzene rings is 2. The molecule has 0 N–H and O–H groups in total. The van der Waals surface area contributed by atoms with E-state index in [2.05, 4.69) is 64.1 Å². The second-order valence-corrected chi connectivity index (χ2v) is 8.12. The maximum absolute atomic E-state index is 14.0. The number of rotatable bonds is 10. The Bertz CT molecular complexity index is 823. The second kappa shape index (κ2) is 9.05. The molecule has 0 saturated heterocycles. The van der Waals surface area contributed by atoms with Crippen LogP contribution < -0.4 is 0 Å². The first-order chi connectivity index (χ1) is 13.6. The van der Waals surface area contributed by atoms with Gasteiger partial charge in [0.1, 0.15) is 0 Å². The minimum atomic E-state index is -0.951. The van der Waals surface area contributed by atoms with Crippen molar-refractivity contribution in [3.63, 3.8) is 0 Å². The lowest BCUT2D eigenvalue weighted by Gasteiger charge is -2.33. The summed E-state index contributed by atoms with van der Waals surface area (Å²) in [4.78, 5) is 14.0. The van der Waals surface area contributed by atoms with E-state index < -0.39 is 5.60 Å². The van der Waals surface area contributed by atoms with Crippen LogP contribution >= 0.6 is 0 Å². The number of unbranched alkanes of at least 4 members (excludes halogenated alkanes) is 1. The molecule has 0 saturated carbocycles. The molecule has 2 aromatic rings. The van der Waals surface area contributed by atoms with Crippen molar-refractivity contribution in [3.8, 4) is 11.1 Å². The molecule has 2 aromatic carbocycles. The molecule has 0 radical (unpaired) electrons. The Balaban J connectivity index is 2.12. The number of carbonyl (C=O) groups is 1. The van der Waals surface area contributed by atoms with Crippen molar-refractivity contribution >= 4 is 5.78 Å². The van der Waals surface area contributed by atoms with E-state index in [1.165, 1.54) is 12.8 Å². The molecular weight excluding hydrogens is 344 g/mol. The Hall–Kier alpha value is -1.93. The van der Waals surface area contributed by atoms with Gasteiger partial charge in [0.15, 0.2) is 11.4 Å². The van der Waals surface area contributed by atoms with Crippen LogP contribution in [0.3, 0.4) is 0 Å². The monoisotopic (exact) mass is 378 g/mol. The third-order valence-corrected chi connectivity index (χ3v) is 6.15. The molecule has 0 bridgehead atoms. The fourth-order valence-corrected chi connectivity index (χ4v) is 4.64. The molecule has 0 heterocycles. The number of carbonyl (C=O) groups excluding carboxylic acids is 1. The molecule has 2 atom stereocenters. The van der Waals surface area contributed by atoms with E-state index in [9.17, 15) is 4.79 Å². The molecule has 0 aromatic heterocycles. The largest absolute Gasteiger partial charge is 0.358 e. The van der Waals surface area contributed by atoms with E-state index >= 15 is 0 Å². The van der Waals surface area contributed by atoms with Gasteiger partial charge in [-0.25, -0.2) is 0 Å². The molecule has 3 rings (SSSR count). The lowest BCUT2D eigenvalue weighted by molar-refractivity contribution is -0.141. The highest BCUT2D eigenvalue weighted by Crippen LogP contribution is 2.52. The molecular formula is C26H34O2. The molecule has 0 spiro atoms. The van der Waals surface area contributed by atoms with Crippen LogP contribution in [0.5, 0.6) is 0 Å². The summed E-state index contributed by atoms with van der Waals surface area (Å²) in [6.07, 6.45) is 5.99. The minimum Gasteiger partial charge on any atom is -0.358 e. The van der Waals surface area contributed by atoms with E-state index in [1.807, 2.05) is 6.07 Å². The van der Waals surface area contributed by atoms with E-state index in [4.69, 9.17) is 4.74 Å². The van der Waals surface area contributed by atoms with Crippen molar-refractivity contribution in [2.24, 2.45) is 5.92 Å². The SMILES string of the molecule is CCCCC(CC)CC(=O)C1(OCCC)c2ccccc2-c2cccc(C)c21. The summed E-state index contributed by atoms with van der Waals surface area (Å²) < 4.78 is 6.54. The fourth-order valence-electron chi connectivity index (χ4n) is 4.64. The second-order valence-electron chi connectivity index (χ2n) is 8.12. The molecule has 0 amide bonds. The molecule has 1 aliphatic rings. The number of ketones is 1. The molecule has 0 fully saturated rings. The molecule has 28 heavy (non-hydrogen) atoms. The van der Waals surface area contributed by atoms with Gasteiger partial charge in [-0.05, 0) is 36.0 Å². The van der Waals surface area contributed by atoms with E-state index in [0.717, 1.165) is 47.1 Å². The maximum atomic E-state index is 14.0. The normalized spacial score (nSPS) is 18.6. The third-order valence-electron chi connectivity index (χ3n) is 6.15. The average Bonchev–Trinajstić information content (AvgIpc) is 3.01. The van der Waals surface area contributed by atoms with Gasteiger partial charge in [0.25, 0.3) is 0 Å². The molecule has 1 aliphatic carbocycles. The number of fused-ring (bicyclic) bond motifs is 3. The summed E-state index contributed by atoms with van der Waals surface area (Å²) in [5.74, 6) is 0.652.